The largest absolute Gasteiger partial charge is 0.477 e. The van der Waals surface area contributed by atoms with Crippen LogP contribution in [0.25, 0.3) is 11.4 Å². The SMILES string of the molecule is CO[C@H]1CN(c2nc(-c3cn(C)cn3)c(C(=O)O)s2)CC[C@H]1NC(=O)c1[nH]c(C)c(Cl)c1C#N. The number of carbonyl (C=O) groups is 2. The first-order valence-electron chi connectivity index (χ1n) is 10.3. The van der Waals surface area contributed by atoms with Gasteiger partial charge in [0, 0.05) is 39.1 Å². The number of nitrogens with zero attached hydrogens (tertiary/aromatic N) is 5. The van der Waals surface area contributed by atoms with Gasteiger partial charge in [0.05, 0.1) is 23.5 Å². The molecule has 34 heavy (non-hydrogen) atoms. The fraction of sp³-hybridized carbons (Fsp3) is 0.381. The van der Waals surface area contributed by atoms with E-state index in [0.717, 1.165) is 11.3 Å². The molecule has 0 saturated carbocycles. The summed E-state index contributed by atoms with van der Waals surface area (Å²) < 4.78 is 7.37. The van der Waals surface area contributed by atoms with Gasteiger partial charge in [-0.1, -0.05) is 22.9 Å². The van der Waals surface area contributed by atoms with Crippen molar-refractivity contribution < 1.29 is 19.4 Å². The predicted molar refractivity (Wildman–Crippen MR) is 125 cm³/mol. The zero-order valence-electron chi connectivity index (χ0n) is 18.6. The summed E-state index contributed by atoms with van der Waals surface area (Å²) >= 11 is 7.19. The van der Waals surface area contributed by atoms with Crippen LogP contribution in [-0.2, 0) is 11.8 Å². The summed E-state index contributed by atoms with van der Waals surface area (Å²) in [6, 6.07) is 1.64. The Labute approximate surface area is 203 Å². The number of aryl methyl sites for hydroxylation is 2. The molecular formula is C21H22ClN7O4S. The van der Waals surface area contributed by atoms with E-state index < -0.39 is 11.9 Å². The van der Waals surface area contributed by atoms with E-state index in [0.29, 0.717) is 41.7 Å². The van der Waals surface area contributed by atoms with Gasteiger partial charge in [-0.3, -0.25) is 4.79 Å². The van der Waals surface area contributed by atoms with Crippen molar-refractivity contribution in [3.63, 3.8) is 0 Å². The summed E-state index contributed by atoms with van der Waals surface area (Å²) in [5.74, 6) is -1.50. The van der Waals surface area contributed by atoms with Gasteiger partial charge in [0.1, 0.15) is 33.6 Å². The van der Waals surface area contributed by atoms with Crippen molar-refractivity contribution in [2.24, 2.45) is 7.05 Å². The third-order valence-electron chi connectivity index (χ3n) is 5.66. The number of carboxylic acid groups (broad SMARTS) is 1. The smallest absolute Gasteiger partial charge is 0.348 e. The first kappa shape index (κ1) is 23.7. The molecular weight excluding hydrogens is 482 g/mol. The average Bonchev–Trinajstić information content (AvgIpc) is 3.51. The third kappa shape index (κ3) is 4.37. The lowest BCUT2D eigenvalue weighted by Crippen LogP contribution is -2.55. The van der Waals surface area contributed by atoms with Gasteiger partial charge in [-0.15, -0.1) is 0 Å². The number of carboxylic acids is 1. The van der Waals surface area contributed by atoms with Gasteiger partial charge in [0.15, 0.2) is 5.13 Å². The number of nitrogens with one attached hydrogen (secondary N) is 2. The summed E-state index contributed by atoms with van der Waals surface area (Å²) in [6.07, 6.45) is 3.45. The van der Waals surface area contributed by atoms with E-state index in [-0.39, 0.29) is 33.3 Å². The molecule has 0 bridgehead atoms. The number of thiazole rings is 1. The van der Waals surface area contributed by atoms with Crippen LogP contribution < -0.4 is 10.2 Å². The Morgan fingerprint density at radius 1 is 1.47 bits per heavy atom. The van der Waals surface area contributed by atoms with Gasteiger partial charge in [-0.2, -0.15) is 5.26 Å². The molecule has 1 fully saturated rings. The summed E-state index contributed by atoms with van der Waals surface area (Å²) in [6.45, 7) is 2.61. The van der Waals surface area contributed by atoms with Gasteiger partial charge < -0.3 is 29.6 Å². The van der Waals surface area contributed by atoms with E-state index in [2.05, 4.69) is 20.3 Å². The minimum atomic E-state index is -1.07. The van der Waals surface area contributed by atoms with E-state index in [1.165, 1.54) is 0 Å². The van der Waals surface area contributed by atoms with Crippen LogP contribution in [0.4, 0.5) is 5.13 Å². The maximum Gasteiger partial charge on any atom is 0.348 e. The summed E-state index contributed by atoms with van der Waals surface area (Å²) in [7, 11) is 3.35. The third-order valence-corrected chi connectivity index (χ3v) is 7.23. The van der Waals surface area contributed by atoms with Crippen LogP contribution in [0.2, 0.25) is 5.02 Å². The highest BCUT2D eigenvalue weighted by molar-refractivity contribution is 7.17. The van der Waals surface area contributed by atoms with Crippen molar-refractivity contribution in [2.45, 2.75) is 25.5 Å². The van der Waals surface area contributed by atoms with Crippen LogP contribution in [0.5, 0.6) is 0 Å². The Balaban J connectivity index is 1.52. The topological polar surface area (TPSA) is 149 Å². The van der Waals surface area contributed by atoms with E-state index >= 15 is 0 Å². The molecule has 0 radical (unpaired) electrons. The van der Waals surface area contributed by atoms with Crippen LogP contribution in [0, 0.1) is 18.3 Å². The van der Waals surface area contributed by atoms with Crippen LogP contribution in [0.3, 0.4) is 0 Å². The number of anilines is 1. The summed E-state index contributed by atoms with van der Waals surface area (Å²) in [5.41, 5.74) is 1.58. The highest BCUT2D eigenvalue weighted by atomic mass is 35.5. The van der Waals surface area contributed by atoms with E-state index in [1.807, 2.05) is 11.0 Å². The molecule has 4 heterocycles. The Morgan fingerprint density at radius 2 is 2.24 bits per heavy atom. The van der Waals surface area contributed by atoms with Crippen molar-refractivity contribution in [3.8, 4) is 17.5 Å². The van der Waals surface area contributed by atoms with Crippen LogP contribution >= 0.6 is 22.9 Å². The van der Waals surface area contributed by atoms with Crippen molar-refractivity contribution in [2.75, 3.05) is 25.1 Å². The zero-order chi connectivity index (χ0) is 24.6. The first-order valence-corrected chi connectivity index (χ1v) is 11.5. The molecule has 0 aliphatic carbocycles. The van der Waals surface area contributed by atoms with Gasteiger partial charge in [-0.25, -0.2) is 14.8 Å². The molecule has 4 rings (SSSR count). The number of nitriles is 1. The number of carbonyl (C=O) groups excluding carboxylic acids is 1. The molecule has 0 unspecified atom stereocenters. The number of hydrogen-bond donors (Lipinski definition) is 3. The molecule has 178 valence electrons. The number of imidazole rings is 1. The normalized spacial score (nSPS) is 18.0. The lowest BCUT2D eigenvalue weighted by molar-refractivity contribution is 0.0540. The highest BCUT2D eigenvalue weighted by Crippen LogP contribution is 2.34. The predicted octanol–water partition coefficient (Wildman–Crippen LogP) is 2.43. The number of amides is 1. The second-order valence-electron chi connectivity index (χ2n) is 7.92. The molecule has 11 nitrogen and oxygen atoms in total. The van der Waals surface area contributed by atoms with E-state index in [4.69, 9.17) is 16.3 Å². The monoisotopic (exact) mass is 503 g/mol. The number of H-pyrrole nitrogens is 1. The van der Waals surface area contributed by atoms with Crippen LogP contribution in [0.15, 0.2) is 12.5 Å². The Bertz CT molecular complexity index is 1290. The average molecular weight is 504 g/mol. The molecule has 3 aromatic heterocycles. The number of hydrogen-bond acceptors (Lipinski definition) is 8. The molecule has 0 aromatic carbocycles. The molecule has 3 N–H and O–H groups in total. The fourth-order valence-electron chi connectivity index (χ4n) is 3.91. The maximum absolute atomic E-state index is 12.8. The van der Waals surface area contributed by atoms with E-state index in [9.17, 15) is 20.0 Å². The van der Waals surface area contributed by atoms with Crippen molar-refractivity contribution in [1.82, 2.24) is 24.8 Å². The van der Waals surface area contributed by atoms with Crippen LogP contribution in [0.1, 0.15) is 37.8 Å². The summed E-state index contributed by atoms with van der Waals surface area (Å²) in [4.78, 5) is 38.4. The minimum absolute atomic E-state index is 0.106. The van der Waals surface area contributed by atoms with E-state index in [1.54, 1.807) is 38.2 Å². The Morgan fingerprint density at radius 3 is 2.85 bits per heavy atom. The number of methoxy groups -OCH3 is 1. The molecule has 3 aromatic rings. The second kappa shape index (κ2) is 9.46. The minimum Gasteiger partial charge on any atom is -0.477 e. The number of rotatable bonds is 6. The lowest BCUT2D eigenvalue weighted by atomic mass is 10.0. The lowest BCUT2D eigenvalue weighted by Gasteiger charge is -2.37. The van der Waals surface area contributed by atoms with Crippen molar-refractivity contribution in [1.29, 1.82) is 5.26 Å². The van der Waals surface area contributed by atoms with Gasteiger partial charge in [0.25, 0.3) is 5.91 Å². The molecule has 13 heteroatoms. The van der Waals surface area contributed by atoms with Crippen molar-refractivity contribution >= 4 is 39.9 Å². The number of piperidine rings is 1. The van der Waals surface area contributed by atoms with Crippen LogP contribution in [-0.4, -0.2) is 68.8 Å². The number of aromatic nitrogens is 4. The van der Waals surface area contributed by atoms with Gasteiger partial charge in [-0.05, 0) is 13.3 Å². The summed E-state index contributed by atoms with van der Waals surface area (Å²) in [5, 5.41) is 22.7. The number of halogens is 1. The first-order chi connectivity index (χ1) is 16.2. The molecule has 1 saturated heterocycles. The molecule has 1 aliphatic rings. The zero-order valence-corrected chi connectivity index (χ0v) is 20.2. The fourth-order valence-corrected chi connectivity index (χ4v) is 5.04. The number of aromatic amines is 1. The highest BCUT2D eigenvalue weighted by Gasteiger charge is 2.34. The molecule has 2 atom stereocenters. The van der Waals surface area contributed by atoms with Crippen molar-refractivity contribution in [3.05, 3.63) is 39.4 Å². The Hall–Kier alpha value is -3.40. The van der Waals surface area contributed by atoms with Gasteiger partial charge >= 0.3 is 5.97 Å². The second-order valence-corrected chi connectivity index (χ2v) is 9.27. The molecule has 1 aliphatic heterocycles. The molecule has 0 spiro atoms. The quantitative estimate of drug-likeness (QED) is 0.464. The maximum atomic E-state index is 12.8. The standard InChI is InChI=1S/C21H22ClN7O4S/c1-10-15(22)11(6-23)16(25-10)19(30)26-12-4-5-29(8-14(12)33-3)21-27-17(18(34-21)20(31)32)13-7-28(2)9-24-13/h7,9,12,14,25H,4-5,8H2,1-3H3,(H,26,30)(H,31,32)/t12-,14+/m1/s1. The number of aromatic carboxylic acids is 1. The number of ether oxygens (including phenoxy) is 1. The Kier molecular flexibility index (Phi) is 6.60. The molecule has 1 amide bonds. The van der Waals surface area contributed by atoms with Gasteiger partial charge in [0.2, 0.25) is 0 Å².